The Kier molecular flexibility index (Phi) is 6.19. The second-order valence-corrected chi connectivity index (χ2v) is 6.66. The highest BCUT2D eigenvalue weighted by atomic mass is 19.1. The average molecular weight is 292 g/mol. The summed E-state index contributed by atoms with van der Waals surface area (Å²) in [5, 5.41) is 0. The standard InChI is InChI=1S/C18H29FN2/c1-14(2)11-12-21(17-5-3-4-6-17)18(13-20)15-7-9-16(19)10-8-15/h7-10,14,17-18H,3-6,11-13,20H2,1-2H3. The fourth-order valence-corrected chi connectivity index (χ4v) is 3.38. The third-order valence-corrected chi connectivity index (χ3v) is 4.64. The first-order valence-corrected chi connectivity index (χ1v) is 8.33. The van der Waals surface area contributed by atoms with E-state index in [4.69, 9.17) is 5.73 Å². The number of hydrogen-bond acceptors (Lipinski definition) is 2. The first-order valence-electron chi connectivity index (χ1n) is 8.33. The maximum Gasteiger partial charge on any atom is 0.123 e. The zero-order chi connectivity index (χ0) is 15.2. The lowest BCUT2D eigenvalue weighted by Gasteiger charge is -2.36. The number of benzene rings is 1. The Labute approximate surface area is 128 Å². The van der Waals surface area contributed by atoms with Gasteiger partial charge in [0.25, 0.3) is 0 Å². The molecule has 1 atom stereocenters. The van der Waals surface area contributed by atoms with Gasteiger partial charge in [-0.3, -0.25) is 4.90 Å². The molecule has 3 heteroatoms. The molecule has 1 aromatic carbocycles. The van der Waals surface area contributed by atoms with Gasteiger partial charge in [0, 0.05) is 18.6 Å². The van der Waals surface area contributed by atoms with E-state index >= 15 is 0 Å². The van der Waals surface area contributed by atoms with E-state index in [-0.39, 0.29) is 11.9 Å². The molecule has 0 aliphatic heterocycles. The highest BCUT2D eigenvalue weighted by Gasteiger charge is 2.28. The summed E-state index contributed by atoms with van der Waals surface area (Å²) in [5.74, 6) is 0.518. The maximum atomic E-state index is 13.2. The van der Waals surface area contributed by atoms with E-state index in [1.807, 2.05) is 12.1 Å². The summed E-state index contributed by atoms with van der Waals surface area (Å²) < 4.78 is 13.2. The lowest BCUT2D eigenvalue weighted by molar-refractivity contribution is 0.131. The van der Waals surface area contributed by atoms with Crippen LogP contribution in [0, 0.1) is 11.7 Å². The SMILES string of the molecule is CC(C)CCN(C1CCCC1)C(CN)c1ccc(F)cc1. The quantitative estimate of drug-likeness (QED) is 0.819. The van der Waals surface area contributed by atoms with Crippen LogP contribution in [0.15, 0.2) is 24.3 Å². The van der Waals surface area contributed by atoms with Crippen LogP contribution in [0.5, 0.6) is 0 Å². The number of rotatable bonds is 7. The molecule has 2 rings (SSSR count). The Balaban J connectivity index is 2.16. The van der Waals surface area contributed by atoms with Crippen molar-refractivity contribution in [2.45, 2.75) is 58.0 Å². The summed E-state index contributed by atoms with van der Waals surface area (Å²) in [6, 6.07) is 7.74. The fraction of sp³-hybridized carbons (Fsp3) is 0.667. The zero-order valence-corrected chi connectivity index (χ0v) is 13.4. The fourth-order valence-electron chi connectivity index (χ4n) is 3.38. The molecule has 0 heterocycles. The molecule has 1 unspecified atom stereocenters. The van der Waals surface area contributed by atoms with Gasteiger partial charge in [0.15, 0.2) is 0 Å². The molecule has 1 aromatic rings. The Morgan fingerprint density at radius 3 is 2.33 bits per heavy atom. The molecule has 0 spiro atoms. The number of nitrogens with zero attached hydrogens (tertiary/aromatic N) is 1. The summed E-state index contributed by atoms with van der Waals surface area (Å²) in [7, 11) is 0. The summed E-state index contributed by atoms with van der Waals surface area (Å²) in [6.07, 6.45) is 6.38. The highest BCUT2D eigenvalue weighted by Crippen LogP contribution is 2.31. The lowest BCUT2D eigenvalue weighted by atomic mass is 10.0. The van der Waals surface area contributed by atoms with E-state index in [0.29, 0.717) is 18.5 Å². The van der Waals surface area contributed by atoms with E-state index < -0.39 is 0 Å². The van der Waals surface area contributed by atoms with Gasteiger partial charge in [-0.1, -0.05) is 38.8 Å². The molecule has 21 heavy (non-hydrogen) atoms. The van der Waals surface area contributed by atoms with Crippen molar-refractivity contribution in [1.82, 2.24) is 4.90 Å². The molecule has 0 saturated heterocycles. The van der Waals surface area contributed by atoms with Crippen LogP contribution in [0.4, 0.5) is 4.39 Å². The third kappa shape index (κ3) is 4.52. The molecule has 1 aliphatic rings. The van der Waals surface area contributed by atoms with Crippen LogP contribution >= 0.6 is 0 Å². The summed E-state index contributed by atoms with van der Waals surface area (Å²) in [4.78, 5) is 2.58. The van der Waals surface area contributed by atoms with Crippen LogP contribution in [0.25, 0.3) is 0 Å². The molecule has 1 aliphatic carbocycles. The maximum absolute atomic E-state index is 13.2. The minimum Gasteiger partial charge on any atom is -0.329 e. The van der Waals surface area contributed by atoms with E-state index in [1.54, 1.807) is 12.1 Å². The van der Waals surface area contributed by atoms with Crippen molar-refractivity contribution in [2.24, 2.45) is 11.7 Å². The molecule has 0 amide bonds. The Bertz CT molecular complexity index is 410. The van der Waals surface area contributed by atoms with Gasteiger partial charge in [-0.15, -0.1) is 0 Å². The van der Waals surface area contributed by atoms with Crippen molar-refractivity contribution in [3.8, 4) is 0 Å². The Hall–Kier alpha value is -0.930. The second-order valence-electron chi connectivity index (χ2n) is 6.66. The number of hydrogen-bond donors (Lipinski definition) is 1. The first kappa shape index (κ1) is 16.4. The van der Waals surface area contributed by atoms with Crippen LogP contribution < -0.4 is 5.73 Å². The van der Waals surface area contributed by atoms with E-state index in [1.165, 1.54) is 32.1 Å². The van der Waals surface area contributed by atoms with Crippen molar-refractivity contribution in [3.05, 3.63) is 35.6 Å². The minimum absolute atomic E-state index is 0.177. The van der Waals surface area contributed by atoms with Gasteiger partial charge < -0.3 is 5.73 Å². The average Bonchev–Trinajstić information content (AvgIpc) is 2.98. The van der Waals surface area contributed by atoms with Crippen LogP contribution in [0.1, 0.15) is 57.6 Å². The van der Waals surface area contributed by atoms with Gasteiger partial charge in [-0.25, -0.2) is 4.39 Å². The van der Waals surface area contributed by atoms with Crippen molar-refractivity contribution >= 4 is 0 Å². The minimum atomic E-state index is -0.177. The smallest absolute Gasteiger partial charge is 0.123 e. The van der Waals surface area contributed by atoms with E-state index in [2.05, 4.69) is 18.7 Å². The first-order chi connectivity index (χ1) is 10.1. The Morgan fingerprint density at radius 1 is 1.19 bits per heavy atom. The van der Waals surface area contributed by atoms with Crippen LogP contribution in [0.2, 0.25) is 0 Å². The molecule has 1 fully saturated rings. The van der Waals surface area contributed by atoms with Gasteiger partial charge >= 0.3 is 0 Å². The van der Waals surface area contributed by atoms with Gasteiger partial charge in [0.05, 0.1) is 0 Å². The monoisotopic (exact) mass is 292 g/mol. The normalized spacial score (nSPS) is 17.8. The molecule has 0 aromatic heterocycles. The molecule has 118 valence electrons. The molecule has 2 N–H and O–H groups in total. The van der Waals surface area contributed by atoms with Gasteiger partial charge in [-0.2, -0.15) is 0 Å². The largest absolute Gasteiger partial charge is 0.329 e. The van der Waals surface area contributed by atoms with Crippen molar-refractivity contribution in [2.75, 3.05) is 13.1 Å². The van der Waals surface area contributed by atoms with Gasteiger partial charge in [0.1, 0.15) is 5.82 Å². The molecule has 1 saturated carbocycles. The third-order valence-electron chi connectivity index (χ3n) is 4.64. The summed E-state index contributed by atoms with van der Waals surface area (Å²) >= 11 is 0. The molecule has 2 nitrogen and oxygen atoms in total. The van der Waals surface area contributed by atoms with Gasteiger partial charge in [-0.05, 0) is 49.4 Å². The zero-order valence-electron chi connectivity index (χ0n) is 13.4. The summed E-state index contributed by atoms with van der Waals surface area (Å²) in [5.41, 5.74) is 7.23. The molecular formula is C18H29FN2. The van der Waals surface area contributed by atoms with Crippen molar-refractivity contribution in [3.63, 3.8) is 0 Å². The van der Waals surface area contributed by atoms with Crippen LogP contribution in [-0.4, -0.2) is 24.0 Å². The number of halogens is 1. The predicted octanol–water partition coefficient (Wildman–Crippen LogP) is 4.12. The van der Waals surface area contributed by atoms with Crippen LogP contribution in [0.3, 0.4) is 0 Å². The van der Waals surface area contributed by atoms with E-state index in [0.717, 1.165) is 12.1 Å². The van der Waals surface area contributed by atoms with Crippen LogP contribution in [-0.2, 0) is 0 Å². The molecule has 0 bridgehead atoms. The summed E-state index contributed by atoms with van der Waals surface area (Å²) in [6.45, 7) is 6.21. The molecule has 0 radical (unpaired) electrons. The topological polar surface area (TPSA) is 29.3 Å². The van der Waals surface area contributed by atoms with E-state index in [9.17, 15) is 4.39 Å². The second kappa shape index (κ2) is 7.90. The van der Waals surface area contributed by atoms with Crippen molar-refractivity contribution < 1.29 is 4.39 Å². The number of nitrogens with two attached hydrogens (primary N) is 1. The highest BCUT2D eigenvalue weighted by molar-refractivity contribution is 5.20. The predicted molar refractivity (Wildman–Crippen MR) is 86.6 cm³/mol. The Morgan fingerprint density at radius 2 is 1.81 bits per heavy atom. The lowest BCUT2D eigenvalue weighted by Crippen LogP contribution is -2.41. The molecular weight excluding hydrogens is 263 g/mol. The van der Waals surface area contributed by atoms with Crippen molar-refractivity contribution in [1.29, 1.82) is 0 Å². The van der Waals surface area contributed by atoms with Gasteiger partial charge in [0.2, 0.25) is 0 Å².